The van der Waals surface area contributed by atoms with E-state index in [0.717, 1.165) is 23.8 Å². The number of hydrogen-bond acceptors (Lipinski definition) is 4. The fourth-order valence-corrected chi connectivity index (χ4v) is 2.85. The predicted molar refractivity (Wildman–Crippen MR) is 79.4 cm³/mol. The summed E-state index contributed by atoms with van der Waals surface area (Å²) in [6, 6.07) is 0.505. The van der Waals surface area contributed by atoms with Gasteiger partial charge in [0.05, 0.1) is 0 Å². The highest BCUT2D eigenvalue weighted by molar-refractivity contribution is 7.05. The Morgan fingerprint density at radius 1 is 1.28 bits per heavy atom. The lowest BCUT2D eigenvalue weighted by Crippen LogP contribution is -2.33. The van der Waals surface area contributed by atoms with E-state index in [1.807, 2.05) is 0 Å². The van der Waals surface area contributed by atoms with Gasteiger partial charge in [-0.3, -0.25) is 0 Å². The molecule has 104 valence electrons. The van der Waals surface area contributed by atoms with E-state index in [1.165, 1.54) is 6.42 Å². The fourth-order valence-electron chi connectivity index (χ4n) is 1.90. The molecule has 1 N–H and O–H groups in total. The van der Waals surface area contributed by atoms with Crippen molar-refractivity contribution in [2.75, 3.05) is 6.54 Å². The van der Waals surface area contributed by atoms with Gasteiger partial charge in [-0.1, -0.05) is 41.5 Å². The summed E-state index contributed by atoms with van der Waals surface area (Å²) in [5, 5.41) is 4.77. The van der Waals surface area contributed by atoms with Crippen LogP contribution in [0.15, 0.2) is 0 Å². The van der Waals surface area contributed by atoms with Crippen LogP contribution in [0.5, 0.6) is 0 Å². The van der Waals surface area contributed by atoms with Crippen molar-refractivity contribution in [1.29, 1.82) is 0 Å². The molecule has 0 aromatic carbocycles. The minimum Gasteiger partial charge on any atom is -0.313 e. The Kier molecular flexibility index (Phi) is 5.73. The lowest BCUT2D eigenvalue weighted by atomic mass is 9.95. The quantitative estimate of drug-likeness (QED) is 0.855. The van der Waals surface area contributed by atoms with Crippen molar-refractivity contribution in [3.63, 3.8) is 0 Å². The second-order valence-corrected chi connectivity index (χ2v) is 6.75. The highest BCUT2D eigenvalue weighted by Crippen LogP contribution is 2.27. The van der Waals surface area contributed by atoms with Gasteiger partial charge < -0.3 is 5.32 Å². The number of hydrogen-bond donors (Lipinski definition) is 1. The molecule has 1 aromatic heterocycles. The zero-order chi connectivity index (χ0) is 13.8. The zero-order valence-corrected chi connectivity index (χ0v) is 13.4. The van der Waals surface area contributed by atoms with E-state index in [0.29, 0.717) is 12.0 Å². The molecule has 0 aliphatic heterocycles. The van der Waals surface area contributed by atoms with Gasteiger partial charge in [0.1, 0.15) is 10.8 Å². The topological polar surface area (TPSA) is 37.8 Å². The Bertz CT molecular complexity index is 354. The first-order chi connectivity index (χ1) is 8.40. The molecule has 0 aliphatic rings. The SMILES string of the molecule is CCCNC(CC)C(C)c1nc(C(C)(C)C)ns1. The van der Waals surface area contributed by atoms with E-state index >= 15 is 0 Å². The Morgan fingerprint density at radius 3 is 2.39 bits per heavy atom. The lowest BCUT2D eigenvalue weighted by molar-refractivity contribution is 0.435. The second kappa shape index (κ2) is 6.62. The number of rotatable bonds is 6. The summed E-state index contributed by atoms with van der Waals surface area (Å²) >= 11 is 1.56. The summed E-state index contributed by atoms with van der Waals surface area (Å²) in [4.78, 5) is 4.73. The van der Waals surface area contributed by atoms with Crippen LogP contribution in [0.4, 0.5) is 0 Å². The predicted octanol–water partition coefficient (Wildman–Crippen LogP) is 3.72. The molecule has 0 saturated heterocycles. The van der Waals surface area contributed by atoms with Crippen molar-refractivity contribution in [2.45, 2.75) is 71.8 Å². The number of nitrogens with one attached hydrogen (secondary N) is 1. The van der Waals surface area contributed by atoms with Gasteiger partial charge >= 0.3 is 0 Å². The Labute approximate surface area is 116 Å². The molecule has 0 radical (unpaired) electrons. The normalized spacial score (nSPS) is 15.7. The minimum absolute atomic E-state index is 0.0486. The molecule has 1 heterocycles. The molecule has 0 amide bonds. The molecule has 0 spiro atoms. The van der Waals surface area contributed by atoms with Crippen molar-refractivity contribution >= 4 is 11.5 Å². The summed E-state index contributed by atoms with van der Waals surface area (Å²) in [5.74, 6) is 1.41. The van der Waals surface area contributed by atoms with E-state index in [4.69, 9.17) is 4.98 Å². The van der Waals surface area contributed by atoms with E-state index in [2.05, 4.69) is 51.2 Å². The first-order valence-corrected chi connectivity index (χ1v) is 7.74. The molecule has 2 unspecified atom stereocenters. The van der Waals surface area contributed by atoms with Crippen LogP contribution in [0.3, 0.4) is 0 Å². The molecule has 1 rings (SSSR count). The summed E-state index contributed by atoms with van der Waals surface area (Å²) in [6.45, 7) is 14.3. The van der Waals surface area contributed by atoms with Crippen LogP contribution < -0.4 is 5.32 Å². The van der Waals surface area contributed by atoms with Crippen molar-refractivity contribution in [1.82, 2.24) is 14.7 Å². The first-order valence-electron chi connectivity index (χ1n) is 6.97. The molecule has 0 fully saturated rings. The molecule has 0 saturated carbocycles. The first kappa shape index (κ1) is 15.6. The van der Waals surface area contributed by atoms with Gasteiger partial charge in [0, 0.05) is 17.4 Å². The van der Waals surface area contributed by atoms with E-state index in [1.54, 1.807) is 11.5 Å². The van der Waals surface area contributed by atoms with Gasteiger partial charge in [0.25, 0.3) is 0 Å². The third kappa shape index (κ3) is 4.02. The monoisotopic (exact) mass is 269 g/mol. The summed E-state index contributed by atoms with van der Waals surface area (Å²) < 4.78 is 4.51. The second-order valence-electron chi connectivity index (χ2n) is 5.96. The van der Waals surface area contributed by atoms with Gasteiger partial charge in [-0.05, 0) is 30.9 Å². The molecular weight excluding hydrogens is 242 g/mol. The largest absolute Gasteiger partial charge is 0.313 e. The average molecular weight is 269 g/mol. The third-order valence-corrected chi connectivity index (χ3v) is 4.12. The van der Waals surface area contributed by atoms with Crippen LogP contribution >= 0.6 is 11.5 Å². The number of aromatic nitrogens is 2. The molecule has 1 aromatic rings. The highest BCUT2D eigenvalue weighted by atomic mass is 32.1. The average Bonchev–Trinajstić information content (AvgIpc) is 2.78. The molecule has 0 bridgehead atoms. The maximum Gasteiger partial charge on any atom is 0.147 e. The van der Waals surface area contributed by atoms with Crippen LogP contribution in [0.1, 0.15) is 71.1 Å². The van der Waals surface area contributed by atoms with E-state index < -0.39 is 0 Å². The van der Waals surface area contributed by atoms with Crippen LogP contribution in [0, 0.1) is 0 Å². The van der Waals surface area contributed by atoms with Gasteiger partial charge in [0.2, 0.25) is 0 Å². The van der Waals surface area contributed by atoms with Gasteiger partial charge in [-0.15, -0.1) is 0 Å². The van der Waals surface area contributed by atoms with Crippen LogP contribution in [-0.2, 0) is 5.41 Å². The maximum absolute atomic E-state index is 4.73. The van der Waals surface area contributed by atoms with Crippen molar-refractivity contribution in [3.8, 4) is 0 Å². The van der Waals surface area contributed by atoms with Gasteiger partial charge in [-0.25, -0.2) is 4.98 Å². The van der Waals surface area contributed by atoms with E-state index in [9.17, 15) is 0 Å². The highest BCUT2D eigenvalue weighted by Gasteiger charge is 2.24. The summed E-state index contributed by atoms with van der Waals surface area (Å²) in [7, 11) is 0. The summed E-state index contributed by atoms with van der Waals surface area (Å²) in [5.41, 5.74) is 0.0486. The Balaban J connectivity index is 2.76. The smallest absolute Gasteiger partial charge is 0.147 e. The van der Waals surface area contributed by atoms with Gasteiger partial charge in [0.15, 0.2) is 0 Å². The zero-order valence-electron chi connectivity index (χ0n) is 12.6. The Morgan fingerprint density at radius 2 is 1.94 bits per heavy atom. The maximum atomic E-state index is 4.73. The lowest BCUT2D eigenvalue weighted by Gasteiger charge is -2.22. The van der Waals surface area contributed by atoms with Crippen LogP contribution in [-0.4, -0.2) is 21.9 Å². The molecule has 18 heavy (non-hydrogen) atoms. The Hall–Kier alpha value is -0.480. The van der Waals surface area contributed by atoms with Crippen molar-refractivity contribution in [2.24, 2.45) is 0 Å². The van der Waals surface area contributed by atoms with Crippen molar-refractivity contribution in [3.05, 3.63) is 10.8 Å². The van der Waals surface area contributed by atoms with Crippen molar-refractivity contribution < 1.29 is 0 Å². The molecule has 3 nitrogen and oxygen atoms in total. The summed E-state index contributed by atoms with van der Waals surface area (Å²) in [6.07, 6.45) is 2.30. The van der Waals surface area contributed by atoms with E-state index in [-0.39, 0.29) is 5.41 Å². The van der Waals surface area contributed by atoms with Gasteiger partial charge in [-0.2, -0.15) is 4.37 Å². The van der Waals surface area contributed by atoms with Crippen LogP contribution in [0.2, 0.25) is 0 Å². The fraction of sp³-hybridized carbons (Fsp3) is 0.857. The minimum atomic E-state index is 0.0486. The number of nitrogens with zero attached hydrogens (tertiary/aromatic N) is 2. The third-order valence-electron chi connectivity index (χ3n) is 3.20. The molecule has 0 aliphatic carbocycles. The molecular formula is C14H27N3S. The van der Waals surface area contributed by atoms with Crippen LogP contribution in [0.25, 0.3) is 0 Å². The standard InChI is InChI=1S/C14H27N3S/c1-7-9-15-11(8-2)10(3)12-16-13(17-18-12)14(4,5)6/h10-11,15H,7-9H2,1-6H3. The molecule has 2 atom stereocenters. The molecule has 4 heteroatoms.